The molecule has 4 unspecified atom stereocenters. The van der Waals surface area contributed by atoms with Crippen molar-refractivity contribution in [3.8, 4) is 0 Å². The highest BCUT2D eigenvalue weighted by Crippen LogP contribution is 2.23. The maximum Gasteiger partial charge on any atom is 0.326 e. The number of rotatable bonds is 15. The van der Waals surface area contributed by atoms with Gasteiger partial charge in [0.1, 0.15) is 18.1 Å². The van der Waals surface area contributed by atoms with Crippen LogP contribution < -0.4 is 27.8 Å². The van der Waals surface area contributed by atoms with E-state index in [1.54, 1.807) is 6.20 Å². The van der Waals surface area contributed by atoms with Gasteiger partial charge in [0, 0.05) is 36.5 Å². The number of amides is 4. The van der Waals surface area contributed by atoms with E-state index in [1.807, 2.05) is 24.3 Å². The number of hydrogen-bond donors (Lipinski definition) is 7. The van der Waals surface area contributed by atoms with Gasteiger partial charge in [-0.1, -0.05) is 18.2 Å². The molecule has 1 aromatic carbocycles. The summed E-state index contributed by atoms with van der Waals surface area (Å²) in [6.45, 7) is 0.662. The minimum absolute atomic E-state index is 0.0194. The van der Waals surface area contributed by atoms with E-state index in [9.17, 15) is 29.1 Å². The molecule has 40 heavy (non-hydrogen) atoms. The van der Waals surface area contributed by atoms with Crippen LogP contribution in [0.1, 0.15) is 50.5 Å². The van der Waals surface area contributed by atoms with Crippen molar-refractivity contribution >= 4 is 40.5 Å². The molecule has 10 N–H and O–H groups in total. The molecule has 3 rings (SSSR count). The molecule has 218 valence electrons. The monoisotopic (exact) mass is 557 g/mol. The Morgan fingerprint density at radius 1 is 1.05 bits per heavy atom. The van der Waals surface area contributed by atoms with Crippen LogP contribution in [0.4, 0.5) is 0 Å². The van der Waals surface area contributed by atoms with Crippen molar-refractivity contribution in [3.05, 3.63) is 36.0 Å². The van der Waals surface area contributed by atoms with Gasteiger partial charge in [0.25, 0.3) is 0 Å². The number of carboxylic acid groups (broad SMARTS) is 1. The Morgan fingerprint density at radius 3 is 2.48 bits per heavy atom. The van der Waals surface area contributed by atoms with Gasteiger partial charge < -0.3 is 42.8 Å². The number of aliphatic carboxylic acids is 1. The molecule has 1 saturated heterocycles. The van der Waals surface area contributed by atoms with Crippen LogP contribution in [0.25, 0.3) is 10.9 Å². The summed E-state index contributed by atoms with van der Waals surface area (Å²) in [4.78, 5) is 67.3. The fourth-order valence-corrected chi connectivity index (χ4v) is 4.95. The first-order valence-corrected chi connectivity index (χ1v) is 13.5. The number of unbranched alkanes of at least 4 members (excludes halogenated alkanes) is 1. The van der Waals surface area contributed by atoms with Gasteiger partial charge in [0.05, 0.1) is 6.04 Å². The molecule has 2 aromatic rings. The number of likely N-dealkylation sites (tertiary alicyclic amines) is 1. The number of carbonyl (C=O) groups is 5. The quantitative estimate of drug-likeness (QED) is 0.141. The third kappa shape index (κ3) is 8.02. The lowest BCUT2D eigenvalue weighted by Gasteiger charge is -2.29. The van der Waals surface area contributed by atoms with Gasteiger partial charge in [-0.25, -0.2) is 4.79 Å². The normalized spacial score (nSPS) is 17.2. The van der Waals surface area contributed by atoms with Gasteiger partial charge in [0.2, 0.25) is 23.6 Å². The van der Waals surface area contributed by atoms with Crippen molar-refractivity contribution in [2.24, 2.45) is 17.2 Å². The lowest BCUT2D eigenvalue weighted by molar-refractivity contribution is -0.149. The lowest BCUT2D eigenvalue weighted by atomic mass is 10.0. The first kappa shape index (κ1) is 30.6. The number of aromatic amines is 1. The van der Waals surface area contributed by atoms with E-state index >= 15 is 0 Å². The molecule has 2 heterocycles. The molecule has 0 aliphatic carbocycles. The third-order valence-corrected chi connectivity index (χ3v) is 7.15. The van der Waals surface area contributed by atoms with Gasteiger partial charge >= 0.3 is 5.97 Å². The smallest absolute Gasteiger partial charge is 0.326 e. The fourth-order valence-electron chi connectivity index (χ4n) is 4.95. The third-order valence-electron chi connectivity index (χ3n) is 7.15. The van der Waals surface area contributed by atoms with Crippen LogP contribution in [0.3, 0.4) is 0 Å². The molecule has 1 aliphatic heterocycles. The van der Waals surface area contributed by atoms with E-state index in [2.05, 4.69) is 15.6 Å². The molecule has 0 bridgehead atoms. The van der Waals surface area contributed by atoms with Gasteiger partial charge in [-0.05, 0) is 56.7 Å². The van der Waals surface area contributed by atoms with Crippen LogP contribution in [0, 0.1) is 0 Å². The highest BCUT2D eigenvalue weighted by molar-refractivity contribution is 5.95. The van der Waals surface area contributed by atoms with Crippen LogP contribution in [-0.2, 0) is 30.4 Å². The highest BCUT2D eigenvalue weighted by atomic mass is 16.4. The maximum atomic E-state index is 13.7. The van der Waals surface area contributed by atoms with Crippen molar-refractivity contribution in [2.45, 2.75) is 75.5 Å². The molecule has 1 fully saturated rings. The van der Waals surface area contributed by atoms with E-state index < -0.39 is 53.8 Å². The Labute approximate surface area is 232 Å². The van der Waals surface area contributed by atoms with Crippen LogP contribution >= 0.6 is 0 Å². The molecule has 13 nitrogen and oxygen atoms in total. The Hall–Kier alpha value is -3.97. The minimum Gasteiger partial charge on any atom is -0.480 e. The highest BCUT2D eigenvalue weighted by Gasteiger charge is 2.38. The lowest BCUT2D eigenvalue weighted by Crippen LogP contribution is -2.57. The SMILES string of the molecule is NCCCCC(NC(=O)C(N)CCC(N)=O)C(=O)NC(Cc1c[nH]c2ccccc12)C(=O)N1CCCC1C(=O)O. The second kappa shape index (κ2) is 14.4. The molecule has 0 saturated carbocycles. The topological polar surface area (TPSA) is 227 Å². The zero-order valence-corrected chi connectivity index (χ0v) is 22.4. The van der Waals surface area contributed by atoms with Crippen LogP contribution in [0.5, 0.6) is 0 Å². The van der Waals surface area contributed by atoms with Crippen molar-refractivity contribution in [2.75, 3.05) is 13.1 Å². The van der Waals surface area contributed by atoms with Crippen LogP contribution in [0.2, 0.25) is 0 Å². The van der Waals surface area contributed by atoms with E-state index in [0.29, 0.717) is 32.2 Å². The Balaban J connectivity index is 1.83. The van der Waals surface area contributed by atoms with Gasteiger partial charge in [-0.15, -0.1) is 0 Å². The van der Waals surface area contributed by atoms with E-state index in [0.717, 1.165) is 16.5 Å². The number of H-pyrrole nitrogens is 1. The number of benzene rings is 1. The predicted molar refractivity (Wildman–Crippen MR) is 148 cm³/mol. The predicted octanol–water partition coefficient (Wildman–Crippen LogP) is -0.523. The number of nitrogens with one attached hydrogen (secondary N) is 3. The van der Waals surface area contributed by atoms with Crippen LogP contribution in [0.15, 0.2) is 30.5 Å². The number of fused-ring (bicyclic) bond motifs is 1. The van der Waals surface area contributed by atoms with Crippen LogP contribution in [-0.4, -0.2) is 81.8 Å². The molecule has 4 atom stereocenters. The first-order chi connectivity index (χ1) is 19.1. The van der Waals surface area contributed by atoms with Gasteiger partial charge in [-0.2, -0.15) is 0 Å². The Kier molecular flexibility index (Phi) is 11.0. The molecule has 4 amide bonds. The zero-order valence-electron chi connectivity index (χ0n) is 22.4. The Morgan fingerprint density at radius 2 is 1.77 bits per heavy atom. The number of para-hydroxylation sites is 1. The first-order valence-electron chi connectivity index (χ1n) is 13.5. The van der Waals surface area contributed by atoms with E-state index in [4.69, 9.17) is 17.2 Å². The molecule has 13 heteroatoms. The second-order valence-electron chi connectivity index (χ2n) is 10.1. The summed E-state index contributed by atoms with van der Waals surface area (Å²) >= 11 is 0. The molecule has 1 aromatic heterocycles. The zero-order chi connectivity index (χ0) is 29.2. The minimum atomic E-state index is -1.10. The summed E-state index contributed by atoms with van der Waals surface area (Å²) in [7, 11) is 0. The standard InChI is InChI=1S/C27H39N7O6/c28-12-4-3-8-20(32-24(36)18(29)10-11-23(30)35)25(37)33-21(26(38)34-13-5-9-22(34)27(39)40)14-16-15-31-19-7-2-1-6-17(16)19/h1-2,6-7,15,18,20-22,31H,3-5,8-14,28-29H2,(H2,30,35)(H,32,36)(H,33,37)(H,39,40). The number of nitrogens with two attached hydrogens (primary N) is 3. The molecule has 0 spiro atoms. The summed E-state index contributed by atoms with van der Waals surface area (Å²) in [5.74, 6) is -3.43. The summed E-state index contributed by atoms with van der Waals surface area (Å²) in [6.07, 6.45) is 4.05. The van der Waals surface area contributed by atoms with Crippen molar-refractivity contribution < 1.29 is 29.1 Å². The Bertz CT molecular complexity index is 1210. The van der Waals surface area contributed by atoms with Gasteiger partial charge in [0.15, 0.2) is 0 Å². The average Bonchev–Trinajstić information content (AvgIpc) is 3.58. The van der Waals surface area contributed by atoms with E-state index in [-0.39, 0.29) is 32.2 Å². The maximum absolute atomic E-state index is 13.7. The number of carbonyl (C=O) groups excluding carboxylic acids is 4. The second-order valence-corrected chi connectivity index (χ2v) is 10.1. The summed E-state index contributed by atoms with van der Waals surface area (Å²) in [5, 5.41) is 15.9. The number of nitrogens with zero attached hydrogens (tertiary/aromatic N) is 1. The van der Waals surface area contributed by atoms with Gasteiger partial charge in [-0.3, -0.25) is 19.2 Å². The number of aromatic nitrogens is 1. The molecular formula is C27H39N7O6. The molecular weight excluding hydrogens is 518 g/mol. The molecule has 0 radical (unpaired) electrons. The summed E-state index contributed by atoms with van der Waals surface area (Å²) in [6, 6.07) is 3.39. The largest absolute Gasteiger partial charge is 0.480 e. The summed E-state index contributed by atoms with van der Waals surface area (Å²) in [5.41, 5.74) is 18.3. The number of hydrogen-bond acceptors (Lipinski definition) is 7. The average molecular weight is 558 g/mol. The van der Waals surface area contributed by atoms with Crippen molar-refractivity contribution in [1.82, 2.24) is 20.5 Å². The number of carboxylic acids is 1. The van der Waals surface area contributed by atoms with Crippen molar-refractivity contribution in [3.63, 3.8) is 0 Å². The molecule has 1 aliphatic rings. The summed E-state index contributed by atoms with van der Waals surface area (Å²) < 4.78 is 0. The van der Waals surface area contributed by atoms with Crippen molar-refractivity contribution in [1.29, 1.82) is 0 Å². The van der Waals surface area contributed by atoms with E-state index in [1.165, 1.54) is 4.90 Å². The number of primary amides is 1. The fraction of sp³-hybridized carbons (Fsp3) is 0.519.